The van der Waals surface area contributed by atoms with Crippen LogP contribution in [0.5, 0.6) is 0 Å². The van der Waals surface area contributed by atoms with Gasteiger partial charge in [-0.25, -0.2) is 0 Å². The van der Waals surface area contributed by atoms with Crippen LogP contribution >= 0.6 is 0 Å². The van der Waals surface area contributed by atoms with Crippen molar-refractivity contribution in [1.29, 1.82) is 0 Å². The summed E-state index contributed by atoms with van der Waals surface area (Å²) >= 11 is 0. The van der Waals surface area contributed by atoms with Crippen molar-refractivity contribution < 1.29 is 0 Å². The zero-order valence-corrected chi connectivity index (χ0v) is 11.2. The zero-order chi connectivity index (χ0) is 12.1. The van der Waals surface area contributed by atoms with E-state index >= 15 is 0 Å². The summed E-state index contributed by atoms with van der Waals surface area (Å²) in [4.78, 5) is 0. The molecule has 0 aliphatic carbocycles. The molecule has 1 heterocycles. The fraction of sp³-hybridized carbons (Fsp3) is 0.769. The fourth-order valence-electron chi connectivity index (χ4n) is 2.14. The van der Waals surface area contributed by atoms with Crippen molar-refractivity contribution in [2.45, 2.75) is 46.6 Å². The Hall–Kier alpha value is -0.830. The first-order chi connectivity index (χ1) is 7.54. The summed E-state index contributed by atoms with van der Waals surface area (Å²) in [7, 11) is 1.98. The summed E-state index contributed by atoms with van der Waals surface area (Å²) in [6.07, 6.45) is 4.39. The molecule has 0 aliphatic rings. The molecule has 1 N–H and O–H groups in total. The molecule has 0 fully saturated rings. The van der Waals surface area contributed by atoms with Crippen LogP contribution in [0.1, 0.15) is 38.4 Å². The number of hydrogen-bond acceptors (Lipinski definition) is 2. The van der Waals surface area contributed by atoms with Crippen molar-refractivity contribution in [2.24, 2.45) is 13.0 Å². The van der Waals surface area contributed by atoms with Crippen molar-refractivity contribution in [2.75, 3.05) is 6.54 Å². The summed E-state index contributed by atoms with van der Waals surface area (Å²) in [5, 5.41) is 7.97. The van der Waals surface area contributed by atoms with Crippen molar-refractivity contribution >= 4 is 0 Å². The zero-order valence-electron chi connectivity index (χ0n) is 11.2. The number of hydrogen-bond donors (Lipinski definition) is 1. The maximum Gasteiger partial charge on any atom is 0.0626 e. The van der Waals surface area contributed by atoms with Gasteiger partial charge in [-0.3, -0.25) is 4.68 Å². The molecule has 0 radical (unpaired) electrons. The van der Waals surface area contributed by atoms with E-state index in [0.29, 0.717) is 12.0 Å². The van der Waals surface area contributed by atoms with Crippen LogP contribution in [-0.4, -0.2) is 22.4 Å². The van der Waals surface area contributed by atoms with Gasteiger partial charge in [-0.05, 0) is 37.8 Å². The first-order valence-corrected chi connectivity index (χ1v) is 6.27. The Morgan fingerprint density at radius 2 is 2.12 bits per heavy atom. The molecule has 3 nitrogen and oxygen atoms in total. The van der Waals surface area contributed by atoms with Gasteiger partial charge in [0.05, 0.1) is 5.69 Å². The van der Waals surface area contributed by atoms with Gasteiger partial charge in [-0.15, -0.1) is 0 Å². The number of rotatable bonds is 6. The highest BCUT2D eigenvalue weighted by Gasteiger charge is 2.10. The van der Waals surface area contributed by atoms with E-state index in [0.717, 1.165) is 18.7 Å². The first-order valence-electron chi connectivity index (χ1n) is 6.27. The van der Waals surface area contributed by atoms with Crippen LogP contribution in [0, 0.1) is 12.8 Å². The molecule has 0 aliphatic heterocycles. The van der Waals surface area contributed by atoms with E-state index < -0.39 is 0 Å². The van der Waals surface area contributed by atoms with E-state index in [1.807, 2.05) is 11.7 Å². The third-order valence-corrected chi connectivity index (χ3v) is 3.16. The lowest BCUT2D eigenvalue weighted by Gasteiger charge is -2.20. The molecule has 92 valence electrons. The molecule has 1 aromatic heterocycles. The molecule has 1 aromatic rings. The Balaban J connectivity index is 2.38. The normalized spacial score (nSPS) is 13.4. The van der Waals surface area contributed by atoms with Gasteiger partial charge < -0.3 is 5.32 Å². The molecule has 0 spiro atoms. The fourth-order valence-corrected chi connectivity index (χ4v) is 2.14. The molecule has 0 amide bonds. The molecular formula is C13H25N3. The van der Waals surface area contributed by atoms with Gasteiger partial charge in [0.25, 0.3) is 0 Å². The van der Waals surface area contributed by atoms with Crippen molar-refractivity contribution in [3.05, 3.63) is 17.5 Å². The highest BCUT2D eigenvalue weighted by molar-refractivity contribution is 5.15. The van der Waals surface area contributed by atoms with Gasteiger partial charge in [0.15, 0.2) is 0 Å². The summed E-state index contributed by atoms with van der Waals surface area (Å²) in [5.74, 6) is 0.708. The maximum atomic E-state index is 4.35. The molecule has 16 heavy (non-hydrogen) atoms. The minimum Gasteiger partial charge on any atom is -0.313 e. The van der Waals surface area contributed by atoms with Crippen LogP contribution in [0.2, 0.25) is 0 Å². The van der Waals surface area contributed by atoms with Crippen molar-refractivity contribution in [3.8, 4) is 0 Å². The Labute approximate surface area is 99.2 Å². The van der Waals surface area contributed by atoms with Crippen LogP contribution < -0.4 is 5.32 Å². The number of aryl methyl sites for hydroxylation is 2. The van der Waals surface area contributed by atoms with Gasteiger partial charge in [0, 0.05) is 19.3 Å². The minimum absolute atomic E-state index is 0.636. The second-order valence-corrected chi connectivity index (χ2v) is 4.88. The number of aromatic nitrogens is 2. The quantitative estimate of drug-likeness (QED) is 0.802. The van der Waals surface area contributed by atoms with E-state index in [-0.39, 0.29) is 0 Å². The van der Waals surface area contributed by atoms with Gasteiger partial charge in [0.1, 0.15) is 0 Å². The number of nitrogens with one attached hydrogen (secondary N) is 1. The minimum atomic E-state index is 0.636. The maximum absolute atomic E-state index is 4.35. The lowest BCUT2D eigenvalue weighted by atomic mass is 10.0. The second-order valence-electron chi connectivity index (χ2n) is 4.88. The third-order valence-electron chi connectivity index (χ3n) is 3.16. The Morgan fingerprint density at radius 1 is 1.44 bits per heavy atom. The molecule has 0 saturated carbocycles. The standard InChI is InChI=1S/C13H25N3/c1-6-13(10(2)3)14-8-7-12-9-16(5)15-11(12)4/h9-10,13-14H,6-8H2,1-5H3. The van der Waals surface area contributed by atoms with Crippen LogP contribution in [0.3, 0.4) is 0 Å². The lowest BCUT2D eigenvalue weighted by Crippen LogP contribution is -2.34. The van der Waals surface area contributed by atoms with E-state index in [2.05, 4.69) is 44.3 Å². The highest BCUT2D eigenvalue weighted by atomic mass is 15.2. The highest BCUT2D eigenvalue weighted by Crippen LogP contribution is 2.07. The lowest BCUT2D eigenvalue weighted by molar-refractivity contribution is 0.391. The summed E-state index contributed by atoms with van der Waals surface area (Å²) in [5.41, 5.74) is 2.51. The predicted octanol–water partition coefficient (Wildman–Crippen LogP) is 2.30. The predicted molar refractivity (Wildman–Crippen MR) is 68.6 cm³/mol. The van der Waals surface area contributed by atoms with E-state index in [4.69, 9.17) is 0 Å². The Kier molecular flexibility index (Phi) is 5.00. The topological polar surface area (TPSA) is 29.9 Å². The molecule has 0 saturated heterocycles. The van der Waals surface area contributed by atoms with E-state index in [1.165, 1.54) is 12.0 Å². The van der Waals surface area contributed by atoms with Crippen molar-refractivity contribution in [3.63, 3.8) is 0 Å². The van der Waals surface area contributed by atoms with Crippen LogP contribution in [0.15, 0.2) is 6.20 Å². The van der Waals surface area contributed by atoms with Gasteiger partial charge in [-0.2, -0.15) is 5.10 Å². The third kappa shape index (κ3) is 3.63. The van der Waals surface area contributed by atoms with E-state index in [9.17, 15) is 0 Å². The molecular weight excluding hydrogens is 198 g/mol. The van der Waals surface area contributed by atoms with Gasteiger partial charge in [-0.1, -0.05) is 20.8 Å². The van der Waals surface area contributed by atoms with Gasteiger partial charge in [0.2, 0.25) is 0 Å². The number of nitrogens with zero attached hydrogens (tertiary/aromatic N) is 2. The van der Waals surface area contributed by atoms with Gasteiger partial charge >= 0.3 is 0 Å². The average molecular weight is 223 g/mol. The summed E-state index contributed by atoms with van der Waals surface area (Å²) in [6.45, 7) is 9.91. The smallest absolute Gasteiger partial charge is 0.0626 e. The summed E-state index contributed by atoms with van der Waals surface area (Å²) < 4.78 is 1.89. The molecule has 3 heteroatoms. The average Bonchev–Trinajstić information content (AvgIpc) is 2.52. The molecule has 1 rings (SSSR count). The SMILES string of the molecule is CCC(NCCc1cn(C)nc1C)C(C)C. The van der Waals surface area contributed by atoms with Crippen molar-refractivity contribution in [1.82, 2.24) is 15.1 Å². The van der Waals surface area contributed by atoms with Crippen LogP contribution in [0.4, 0.5) is 0 Å². The summed E-state index contributed by atoms with van der Waals surface area (Å²) in [6, 6.07) is 0.636. The monoisotopic (exact) mass is 223 g/mol. The Morgan fingerprint density at radius 3 is 2.56 bits per heavy atom. The van der Waals surface area contributed by atoms with Crippen LogP contribution in [-0.2, 0) is 13.5 Å². The van der Waals surface area contributed by atoms with E-state index in [1.54, 1.807) is 0 Å². The molecule has 0 bridgehead atoms. The first kappa shape index (κ1) is 13.2. The second kappa shape index (κ2) is 6.04. The van der Waals surface area contributed by atoms with Crippen LogP contribution in [0.25, 0.3) is 0 Å². The largest absolute Gasteiger partial charge is 0.313 e. The Bertz CT molecular complexity index is 315. The molecule has 1 unspecified atom stereocenters. The molecule has 1 atom stereocenters. The molecule has 0 aromatic carbocycles.